The highest BCUT2D eigenvalue weighted by Crippen LogP contribution is 2.26. The molecule has 88 valence electrons. The molecule has 0 fully saturated rings. The van der Waals surface area contributed by atoms with Gasteiger partial charge in [-0.05, 0) is 58.2 Å². The van der Waals surface area contributed by atoms with Crippen LogP contribution in [0.5, 0.6) is 0 Å². The molecule has 1 N–H and O–H groups in total. The van der Waals surface area contributed by atoms with E-state index in [0.717, 1.165) is 11.3 Å². The Morgan fingerprint density at radius 1 is 1.41 bits per heavy atom. The van der Waals surface area contributed by atoms with E-state index in [2.05, 4.69) is 31.2 Å². The summed E-state index contributed by atoms with van der Waals surface area (Å²) in [5, 5.41) is 3.21. The summed E-state index contributed by atoms with van der Waals surface area (Å²) in [5.74, 6) is 0.271. The zero-order valence-corrected chi connectivity index (χ0v) is 11.2. The largest absolute Gasteiger partial charge is 0.339 e. The van der Waals surface area contributed by atoms with Crippen LogP contribution in [0.1, 0.15) is 5.56 Å². The Morgan fingerprint density at radius 2 is 2.18 bits per heavy atom. The molecule has 2 rings (SSSR count). The Kier molecular flexibility index (Phi) is 3.59. The molecule has 2 aromatic rings. The van der Waals surface area contributed by atoms with Gasteiger partial charge >= 0.3 is 0 Å². The van der Waals surface area contributed by atoms with Crippen LogP contribution in [-0.2, 0) is 0 Å². The molecule has 0 aliphatic carbocycles. The molecule has 0 saturated heterocycles. The maximum Gasteiger partial charge on any atom is 0.224 e. The van der Waals surface area contributed by atoms with Crippen molar-refractivity contribution in [3.8, 4) is 0 Å². The second-order valence-electron chi connectivity index (χ2n) is 3.42. The number of nitrogens with zero attached hydrogens (tertiary/aromatic N) is 2. The molecule has 1 aromatic carbocycles. The predicted octanol–water partition coefficient (Wildman–Crippen LogP) is 4.08. The summed E-state index contributed by atoms with van der Waals surface area (Å²) in [6.45, 7) is 1.81. The van der Waals surface area contributed by atoms with E-state index in [1.54, 1.807) is 12.3 Å². The lowest BCUT2D eigenvalue weighted by Crippen LogP contribution is -1.98. The number of hydrogen-bond donors (Lipinski definition) is 1. The first-order valence-corrected chi connectivity index (χ1v) is 5.94. The molecule has 6 heteroatoms. The van der Waals surface area contributed by atoms with Crippen molar-refractivity contribution >= 4 is 39.0 Å². The summed E-state index contributed by atoms with van der Waals surface area (Å²) >= 11 is 9.01. The van der Waals surface area contributed by atoms with Crippen LogP contribution in [-0.4, -0.2) is 9.97 Å². The van der Waals surface area contributed by atoms with Crippen LogP contribution >= 0.6 is 27.5 Å². The van der Waals surface area contributed by atoms with Gasteiger partial charge in [0.15, 0.2) is 0 Å². The lowest BCUT2D eigenvalue weighted by molar-refractivity contribution is 0.627. The van der Waals surface area contributed by atoms with Gasteiger partial charge in [-0.3, -0.25) is 0 Å². The molecule has 0 atom stereocenters. The van der Waals surface area contributed by atoms with Crippen molar-refractivity contribution < 1.29 is 4.39 Å². The number of hydrogen-bond acceptors (Lipinski definition) is 3. The predicted molar refractivity (Wildman–Crippen MR) is 69.2 cm³/mol. The molecule has 3 nitrogen and oxygen atoms in total. The van der Waals surface area contributed by atoms with Crippen LogP contribution in [0.3, 0.4) is 0 Å². The Balaban J connectivity index is 2.34. The molecular weight excluding hydrogens is 308 g/mol. The van der Waals surface area contributed by atoms with Crippen molar-refractivity contribution in [2.75, 3.05) is 5.32 Å². The second-order valence-corrected chi connectivity index (χ2v) is 4.61. The number of anilines is 2. The zero-order valence-electron chi connectivity index (χ0n) is 8.84. The lowest BCUT2D eigenvalue weighted by atomic mass is 10.2. The molecule has 0 radical (unpaired) electrons. The van der Waals surface area contributed by atoms with Gasteiger partial charge in [-0.1, -0.05) is 0 Å². The fourth-order valence-corrected chi connectivity index (χ4v) is 1.75. The standard InChI is InChI=1S/C11H8BrClFN3/c1-6-4-7(14)2-3-9(6)16-10-8(12)5-15-11(13)17-10/h2-5H,1H3,(H,15,16,17). The van der Waals surface area contributed by atoms with E-state index in [1.807, 2.05) is 6.92 Å². The highest BCUT2D eigenvalue weighted by atomic mass is 79.9. The molecule has 0 amide bonds. The van der Waals surface area contributed by atoms with Gasteiger partial charge in [0.1, 0.15) is 11.6 Å². The van der Waals surface area contributed by atoms with Gasteiger partial charge in [0.05, 0.1) is 4.47 Å². The zero-order chi connectivity index (χ0) is 12.4. The van der Waals surface area contributed by atoms with E-state index in [9.17, 15) is 4.39 Å². The first kappa shape index (κ1) is 12.3. The minimum Gasteiger partial charge on any atom is -0.339 e. The van der Waals surface area contributed by atoms with Crippen LogP contribution in [0, 0.1) is 12.7 Å². The maximum absolute atomic E-state index is 12.9. The number of halogens is 3. The molecular formula is C11H8BrClFN3. The van der Waals surface area contributed by atoms with Gasteiger partial charge in [0.25, 0.3) is 0 Å². The molecule has 0 spiro atoms. The van der Waals surface area contributed by atoms with Crippen LogP contribution in [0.15, 0.2) is 28.9 Å². The minimum absolute atomic E-state index is 0.149. The molecule has 1 heterocycles. The van der Waals surface area contributed by atoms with Gasteiger partial charge in [-0.25, -0.2) is 9.37 Å². The van der Waals surface area contributed by atoms with E-state index in [4.69, 9.17) is 11.6 Å². The summed E-state index contributed by atoms with van der Waals surface area (Å²) in [5.41, 5.74) is 1.55. The molecule has 0 aliphatic rings. The number of aromatic nitrogens is 2. The van der Waals surface area contributed by atoms with Crippen LogP contribution in [0.4, 0.5) is 15.9 Å². The van der Waals surface area contributed by atoms with Gasteiger partial charge in [-0.2, -0.15) is 4.98 Å². The summed E-state index contributed by atoms with van der Waals surface area (Å²) in [4.78, 5) is 7.86. The number of aryl methyl sites for hydroxylation is 1. The molecule has 0 unspecified atom stereocenters. The van der Waals surface area contributed by atoms with Crippen molar-refractivity contribution in [3.63, 3.8) is 0 Å². The van der Waals surface area contributed by atoms with E-state index in [-0.39, 0.29) is 11.1 Å². The highest BCUT2D eigenvalue weighted by molar-refractivity contribution is 9.10. The van der Waals surface area contributed by atoms with Crippen molar-refractivity contribution in [1.29, 1.82) is 0 Å². The Morgan fingerprint density at radius 3 is 2.88 bits per heavy atom. The van der Waals surface area contributed by atoms with Crippen LogP contribution in [0.25, 0.3) is 0 Å². The maximum atomic E-state index is 12.9. The average Bonchev–Trinajstić information content (AvgIpc) is 2.27. The number of benzene rings is 1. The van der Waals surface area contributed by atoms with Gasteiger partial charge in [0, 0.05) is 11.9 Å². The Bertz CT molecular complexity index is 562. The molecule has 0 bridgehead atoms. The minimum atomic E-state index is -0.271. The van der Waals surface area contributed by atoms with Crippen molar-refractivity contribution in [2.24, 2.45) is 0 Å². The van der Waals surface area contributed by atoms with Crippen molar-refractivity contribution in [2.45, 2.75) is 6.92 Å². The van der Waals surface area contributed by atoms with Crippen LogP contribution in [0.2, 0.25) is 5.28 Å². The third kappa shape index (κ3) is 2.92. The third-order valence-corrected chi connectivity index (χ3v) is 2.92. The quantitative estimate of drug-likeness (QED) is 0.848. The number of rotatable bonds is 2. The van der Waals surface area contributed by atoms with Gasteiger partial charge < -0.3 is 5.32 Å². The summed E-state index contributed by atoms with van der Waals surface area (Å²) in [6, 6.07) is 4.47. The number of nitrogens with one attached hydrogen (secondary N) is 1. The smallest absolute Gasteiger partial charge is 0.224 e. The summed E-state index contributed by atoms with van der Waals surface area (Å²) in [7, 11) is 0. The summed E-state index contributed by atoms with van der Waals surface area (Å²) in [6.07, 6.45) is 1.55. The van der Waals surface area contributed by atoms with Gasteiger partial charge in [0.2, 0.25) is 5.28 Å². The third-order valence-electron chi connectivity index (χ3n) is 2.16. The average molecular weight is 317 g/mol. The van der Waals surface area contributed by atoms with E-state index in [0.29, 0.717) is 10.3 Å². The normalized spacial score (nSPS) is 10.4. The Hall–Kier alpha value is -1.20. The van der Waals surface area contributed by atoms with Crippen molar-refractivity contribution in [3.05, 3.63) is 45.5 Å². The molecule has 17 heavy (non-hydrogen) atoms. The lowest BCUT2D eigenvalue weighted by Gasteiger charge is -2.10. The van der Waals surface area contributed by atoms with Crippen molar-refractivity contribution in [1.82, 2.24) is 9.97 Å². The van der Waals surface area contributed by atoms with Crippen LogP contribution < -0.4 is 5.32 Å². The first-order valence-electron chi connectivity index (χ1n) is 4.77. The van der Waals surface area contributed by atoms with E-state index in [1.165, 1.54) is 12.1 Å². The van der Waals surface area contributed by atoms with E-state index < -0.39 is 0 Å². The highest BCUT2D eigenvalue weighted by Gasteiger charge is 2.06. The molecule has 1 aromatic heterocycles. The van der Waals surface area contributed by atoms with E-state index >= 15 is 0 Å². The topological polar surface area (TPSA) is 37.8 Å². The monoisotopic (exact) mass is 315 g/mol. The first-order chi connectivity index (χ1) is 8.06. The SMILES string of the molecule is Cc1cc(F)ccc1Nc1nc(Cl)ncc1Br. The Labute approximate surface area is 111 Å². The fraction of sp³-hybridized carbons (Fsp3) is 0.0909. The van der Waals surface area contributed by atoms with Gasteiger partial charge in [-0.15, -0.1) is 0 Å². The molecule has 0 saturated carbocycles. The summed E-state index contributed by atoms with van der Waals surface area (Å²) < 4.78 is 13.6. The molecule has 0 aliphatic heterocycles. The fourth-order valence-electron chi connectivity index (χ4n) is 1.33. The second kappa shape index (κ2) is 4.98.